The molecule has 2 heterocycles. The molecule has 3 unspecified atom stereocenters. The third-order valence-electron chi connectivity index (χ3n) is 3.13. The van der Waals surface area contributed by atoms with Crippen LogP contribution in [0.1, 0.15) is 26.7 Å². The normalized spacial score (nSPS) is 40.9. The molecule has 0 saturated carbocycles. The van der Waals surface area contributed by atoms with Crippen molar-refractivity contribution in [1.29, 1.82) is 0 Å². The van der Waals surface area contributed by atoms with Crippen LogP contribution in [0.2, 0.25) is 0 Å². The van der Waals surface area contributed by atoms with Crippen LogP contribution in [0, 0.1) is 5.41 Å². The third-order valence-corrected chi connectivity index (χ3v) is 3.13. The van der Waals surface area contributed by atoms with E-state index in [2.05, 4.69) is 0 Å². The number of hydrogen-bond donors (Lipinski definition) is 2. The maximum Gasteiger partial charge on any atom is 0.0845 e. The van der Waals surface area contributed by atoms with Gasteiger partial charge >= 0.3 is 0 Å². The van der Waals surface area contributed by atoms with Crippen LogP contribution in [0.25, 0.3) is 0 Å². The summed E-state index contributed by atoms with van der Waals surface area (Å²) in [6, 6.07) is 0. The van der Waals surface area contributed by atoms with E-state index >= 15 is 0 Å². The first kappa shape index (κ1) is 10.1. The van der Waals surface area contributed by atoms with Crippen molar-refractivity contribution in [1.82, 2.24) is 0 Å². The molecule has 3 heteroatoms. The van der Waals surface area contributed by atoms with E-state index in [4.69, 9.17) is 4.74 Å². The zero-order valence-corrected chi connectivity index (χ0v) is 8.73. The largest absolute Gasteiger partial charge is 0.396 e. The van der Waals surface area contributed by atoms with Crippen molar-refractivity contribution in [2.24, 2.45) is 5.41 Å². The van der Waals surface area contributed by atoms with Crippen molar-refractivity contribution in [3.8, 4) is 0 Å². The minimum Gasteiger partial charge on any atom is -0.396 e. The molecule has 3 nitrogen and oxygen atoms in total. The Labute approximate surface area is 84.4 Å². The number of fused-ring (bicyclic) bond motifs is 2. The Morgan fingerprint density at radius 1 is 1.50 bits per heavy atom. The predicted molar refractivity (Wildman–Crippen MR) is 52.9 cm³/mol. The van der Waals surface area contributed by atoms with Gasteiger partial charge in [0.25, 0.3) is 0 Å². The standard InChI is InChI=1S/C11H18O3/c1-10(2,13)6-11(7-12)5-8-3-4-9(11)14-8/h3-4,8-9,12-13H,5-7H2,1-2H3. The average Bonchev–Trinajstić information content (AvgIpc) is 2.60. The maximum atomic E-state index is 9.81. The molecule has 0 aliphatic carbocycles. The highest BCUT2D eigenvalue weighted by Crippen LogP contribution is 2.48. The predicted octanol–water partition coefficient (Wildman–Crippen LogP) is 0.853. The number of aliphatic hydroxyl groups is 2. The smallest absolute Gasteiger partial charge is 0.0845 e. The fourth-order valence-electron chi connectivity index (χ4n) is 2.73. The van der Waals surface area contributed by atoms with Crippen molar-refractivity contribution in [3.63, 3.8) is 0 Å². The van der Waals surface area contributed by atoms with Gasteiger partial charge in [0.2, 0.25) is 0 Å². The molecular formula is C11H18O3. The van der Waals surface area contributed by atoms with Gasteiger partial charge in [-0.25, -0.2) is 0 Å². The highest BCUT2D eigenvalue weighted by atomic mass is 16.5. The van der Waals surface area contributed by atoms with Gasteiger partial charge in [-0.1, -0.05) is 12.2 Å². The quantitative estimate of drug-likeness (QED) is 0.661. The van der Waals surface area contributed by atoms with Crippen molar-refractivity contribution in [2.75, 3.05) is 6.61 Å². The summed E-state index contributed by atoms with van der Waals surface area (Å²) in [5.41, 5.74) is -1.01. The van der Waals surface area contributed by atoms with E-state index in [0.717, 1.165) is 6.42 Å². The lowest BCUT2D eigenvalue weighted by atomic mass is 9.71. The van der Waals surface area contributed by atoms with Gasteiger partial charge in [-0.3, -0.25) is 0 Å². The maximum absolute atomic E-state index is 9.81. The molecular weight excluding hydrogens is 180 g/mol. The van der Waals surface area contributed by atoms with E-state index in [1.54, 1.807) is 13.8 Å². The van der Waals surface area contributed by atoms with Crippen LogP contribution < -0.4 is 0 Å². The number of aliphatic hydroxyl groups excluding tert-OH is 1. The van der Waals surface area contributed by atoms with Gasteiger partial charge in [0.15, 0.2) is 0 Å². The summed E-state index contributed by atoms with van der Waals surface area (Å²) in [7, 11) is 0. The SMILES string of the molecule is CC(C)(O)CC1(CO)CC2C=CC1O2. The second-order valence-electron chi connectivity index (χ2n) is 5.19. The molecule has 1 fully saturated rings. The molecule has 0 aromatic carbocycles. The fourth-order valence-corrected chi connectivity index (χ4v) is 2.73. The molecule has 0 radical (unpaired) electrons. The number of rotatable bonds is 3. The van der Waals surface area contributed by atoms with Crippen LogP contribution >= 0.6 is 0 Å². The fraction of sp³-hybridized carbons (Fsp3) is 0.818. The minimum atomic E-state index is -0.746. The van der Waals surface area contributed by atoms with Crippen LogP contribution in [-0.2, 0) is 4.74 Å². The topological polar surface area (TPSA) is 49.7 Å². The van der Waals surface area contributed by atoms with E-state index in [1.165, 1.54) is 0 Å². The molecule has 2 bridgehead atoms. The Morgan fingerprint density at radius 2 is 2.21 bits per heavy atom. The second kappa shape index (κ2) is 3.05. The summed E-state index contributed by atoms with van der Waals surface area (Å²) in [4.78, 5) is 0. The van der Waals surface area contributed by atoms with Crippen LogP contribution in [-0.4, -0.2) is 34.6 Å². The molecule has 2 aliphatic heterocycles. The molecule has 3 atom stereocenters. The van der Waals surface area contributed by atoms with E-state index in [1.807, 2.05) is 12.2 Å². The van der Waals surface area contributed by atoms with Gasteiger partial charge in [0.1, 0.15) is 0 Å². The molecule has 2 rings (SSSR count). The van der Waals surface area contributed by atoms with Gasteiger partial charge in [-0.05, 0) is 26.7 Å². The van der Waals surface area contributed by atoms with Crippen molar-refractivity contribution >= 4 is 0 Å². The summed E-state index contributed by atoms with van der Waals surface area (Å²) in [5.74, 6) is 0. The van der Waals surface area contributed by atoms with Crippen LogP contribution in [0.15, 0.2) is 12.2 Å². The molecule has 1 saturated heterocycles. The first-order valence-corrected chi connectivity index (χ1v) is 5.12. The van der Waals surface area contributed by atoms with Crippen molar-refractivity contribution < 1.29 is 14.9 Å². The number of hydrogen-bond acceptors (Lipinski definition) is 3. The number of ether oxygens (including phenoxy) is 1. The van der Waals surface area contributed by atoms with Gasteiger partial charge in [0.05, 0.1) is 24.4 Å². The van der Waals surface area contributed by atoms with Gasteiger partial charge in [0, 0.05) is 5.41 Å². The van der Waals surface area contributed by atoms with E-state index in [-0.39, 0.29) is 24.2 Å². The molecule has 14 heavy (non-hydrogen) atoms. The monoisotopic (exact) mass is 198 g/mol. The summed E-state index contributed by atoms with van der Waals surface area (Å²) in [6.45, 7) is 3.64. The van der Waals surface area contributed by atoms with E-state index < -0.39 is 5.60 Å². The van der Waals surface area contributed by atoms with Crippen molar-refractivity contribution in [3.05, 3.63) is 12.2 Å². The Balaban J connectivity index is 2.16. The van der Waals surface area contributed by atoms with E-state index in [9.17, 15) is 10.2 Å². The average molecular weight is 198 g/mol. The first-order chi connectivity index (χ1) is 6.45. The van der Waals surface area contributed by atoms with Crippen LogP contribution in [0.4, 0.5) is 0 Å². The Bertz CT molecular complexity index is 254. The third kappa shape index (κ3) is 1.60. The molecule has 0 aromatic rings. The van der Waals surface area contributed by atoms with Gasteiger partial charge in [-0.15, -0.1) is 0 Å². The summed E-state index contributed by atoms with van der Waals surface area (Å²) >= 11 is 0. The molecule has 2 N–H and O–H groups in total. The Morgan fingerprint density at radius 3 is 2.57 bits per heavy atom. The Kier molecular flexibility index (Phi) is 2.21. The molecule has 0 aromatic heterocycles. The second-order valence-corrected chi connectivity index (χ2v) is 5.19. The lowest BCUT2D eigenvalue weighted by Gasteiger charge is -2.36. The summed E-state index contributed by atoms with van der Waals surface area (Å²) in [5, 5.41) is 19.3. The summed E-state index contributed by atoms with van der Waals surface area (Å²) in [6.07, 6.45) is 5.61. The molecule has 80 valence electrons. The van der Waals surface area contributed by atoms with Crippen LogP contribution in [0.3, 0.4) is 0 Å². The molecule has 0 spiro atoms. The highest BCUT2D eigenvalue weighted by molar-refractivity contribution is 5.17. The van der Waals surface area contributed by atoms with E-state index in [0.29, 0.717) is 6.42 Å². The zero-order valence-electron chi connectivity index (χ0n) is 8.73. The van der Waals surface area contributed by atoms with Crippen LogP contribution in [0.5, 0.6) is 0 Å². The van der Waals surface area contributed by atoms with Crippen molar-refractivity contribution in [2.45, 2.75) is 44.5 Å². The lowest BCUT2D eigenvalue weighted by Crippen LogP contribution is -2.41. The van der Waals surface area contributed by atoms with Gasteiger partial charge < -0.3 is 14.9 Å². The van der Waals surface area contributed by atoms with Gasteiger partial charge in [-0.2, -0.15) is 0 Å². The highest BCUT2D eigenvalue weighted by Gasteiger charge is 2.51. The lowest BCUT2D eigenvalue weighted by molar-refractivity contribution is -0.0281. The first-order valence-electron chi connectivity index (χ1n) is 5.12. The molecule has 0 amide bonds. The molecule has 2 aliphatic rings. The summed E-state index contributed by atoms with van der Waals surface area (Å²) < 4.78 is 5.64. The zero-order chi connectivity index (χ0) is 10.4. The Hall–Kier alpha value is -0.380. The minimum absolute atomic E-state index is 0.0103.